The van der Waals surface area contributed by atoms with Crippen molar-refractivity contribution in [1.82, 2.24) is 14.8 Å². The van der Waals surface area contributed by atoms with Gasteiger partial charge in [0.05, 0.1) is 23.3 Å². The van der Waals surface area contributed by atoms with Gasteiger partial charge in [0.25, 0.3) is 0 Å². The molecular formula is C11H15N5. The van der Waals surface area contributed by atoms with Gasteiger partial charge in [-0.3, -0.25) is 5.84 Å². The maximum absolute atomic E-state index is 5.46. The van der Waals surface area contributed by atoms with Crippen LogP contribution in [0.4, 0.5) is 5.69 Å². The molecule has 1 saturated carbocycles. The Balaban J connectivity index is 2.12. The molecule has 1 aliphatic rings. The second kappa shape index (κ2) is 3.75. The van der Waals surface area contributed by atoms with Crippen LogP contribution in [-0.2, 0) is 0 Å². The highest BCUT2D eigenvalue weighted by atomic mass is 15.3. The highest BCUT2D eigenvalue weighted by Crippen LogP contribution is 2.32. The van der Waals surface area contributed by atoms with Gasteiger partial charge in [0, 0.05) is 6.20 Å². The topological polar surface area (TPSA) is 68.8 Å². The number of aromatic nitrogens is 3. The largest absolute Gasteiger partial charge is 0.323 e. The Labute approximate surface area is 93.6 Å². The van der Waals surface area contributed by atoms with Crippen LogP contribution < -0.4 is 11.3 Å². The molecule has 16 heavy (non-hydrogen) atoms. The van der Waals surface area contributed by atoms with Crippen LogP contribution in [0, 0.1) is 0 Å². The predicted molar refractivity (Wildman–Crippen MR) is 62.8 cm³/mol. The molecule has 84 valence electrons. The van der Waals surface area contributed by atoms with Crippen LogP contribution in [0.5, 0.6) is 0 Å². The molecule has 0 amide bonds. The van der Waals surface area contributed by atoms with E-state index in [-0.39, 0.29) is 0 Å². The average molecular weight is 217 g/mol. The number of hydrogen-bond donors (Lipinski definition) is 2. The Bertz CT molecular complexity index is 498. The summed E-state index contributed by atoms with van der Waals surface area (Å²) in [5.74, 6) is 5.46. The van der Waals surface area contributed by atoms with E-state index in [0.717, 1.165) is 16.7 Å². The van der Waals surface area contributed by atoms with E-state index in [0.29, 0.717) is 6.04 Å². The first-order valence-electron chi connectivity index (χ1n) is 5.69. The fourth-order valence-corrected chi connectivity index (χ4v) is 2.49. The van der Waals surface area contributed by atoms with Crippen molar-refractivity contribution in [3.8, 4) is 0 Å². The molecule has 5 nitrogen and oxygen atoms in total. The summed E-state index contributed by atoms with van der Waals surface area (Å²) in [5.41, 5.74) is 4.50. The summed E-state index contributed by atoms with van der Waals surface area (Å²) in [6, 6.07) is 2.38. The van der Waals surface area contributed by atoms with Crippen molar-refractivity contribution in [2.24, 2.45) is 5.84 Å². The Morgan fingerprint density at radius 1 is 1.38 bits per heavy atom. The molecular weight excluding hydrogens is 202 g/mol. The molecule has 0 spiro atoms. The van der Waals surface area contributed by atoms with E-state index >= 15 is 0 Å². The number of hydrogen-bond acceptors (Lipinski definition) is 4. The normalized spacial score (nSPS) is 17.1. The summed E-state index contributed by atoms with van der Waals surface area (Å²) in [5, 5.41) is 5.44. The Hall–Kier alpha value is -1.62. The molecule has 0 unspecified atom stereocenters. The maximum Gasteiger partial charge on any atom is 0.160 e. The Kier molecular flexibility index (Phi) is 2.25. The van der Waals surface area contributed by atoms with Gasteiger partial charge in [-0.2, -0.15) is 5.10 Å². The Morgan fingerprint density at radius 2 is 2.19 bits per heavy atom. The highest BCUT2D eigenvalue weighted by molar-refractivity contribution is 5.88. The monoisotopic (exact) mass is 217 g/mol. The predicted octanol–water partition coefficient (Wildman–Crippen LogP) is 1.83. The van der Waals surface area contributed by atoms with E-state index in [1.165, 1.54) is 25.7 Å². The lowest BCUT2D eigenvalue weighted by atomic mass is 10.2. The van der Waals surface area contributed by atoms with E-state index in [1.54, 1.807) is 6.20 Å². The van der Waals surface area contributed by atoms with Gasteiger partial charge >= 0.3 is 0 Å². The van der Waals surface area contributed by atoms with Gasteiger partial charge in [-0.05, 0) is 18.9 Å². The van der Waals surface area contributed by atoms with E-state index in [9.17, 15) is 0 Å². The quantitative estimate of drug-likeness (QED) is 0.595. The summed E-state index contributed by atoms with van der Waals surface area (Å²) < 4.78 is 2.04. The summed E-state index contributed by atoms with van der Waals surface area (Å²) in [7, 11) is 0. The maximum atomic E-state index is 5.46. The number of nitrogens with one attached hydrogen (secondary N) is 1. The molecule has 0 radical (unpaired) electrons. The highest BCUT2D eigenvalue weighted by Gasteiger charge is 2.20. The fourth-order valence-electron chi connectivity index (χ4n) is 2.49. The van der Waals surface area contributed by atoms with E-state index in [4.69, 9.17) is 5.84 Å². The van der Waals surface area contributed by atoms with Crippen LogP contribution in [0.3, 0.4) is 0 Å². The SMILES string of the molecule is NNc1ccnc2c1cnn2C1CCCC1. The van der Waals surface area contributed by atoms with Crippen LogP contribution >= 0.6 is 0 Å². The number of pyridine rings is 1. The second-order valence-corrected chi connectivity index (χ2v) is 4.27. The van der Waals surface area contributed by atoms with Gasteiger partial charge in [-0.15, -0.1) is 0 Å². The second-order valence-electron chi connectivity index (χ2n) is 4.27. The number of hydrazine groups is 1. The van der Waals surface area contributed by atoms with Gasteiger partial charge in [-0.1, -0.05) is 12.8 Å². The van der Waals surface area contributed by atoms with E-state index in [2.05, 4.69) is 15.5 Å². The molecule has 2 aromatic heterocycles. The third-order valence-corrected chi connectivity index (χ3v) is 3.32. The van der Waals surface area contributed by atoms with Crippen molar-refractivity contribution in [2.45, 2.75) is 31.7 Å². The molecule has 0 aliphatic heterocycles. The van der Waals surface area contributed by atoms with E-state index < -0.39 is 0 Å². The molecule has 2 aromatic rings. The molecule has 3 N–H and O–H groups in total. The lowest BCUT2D eigenvalue weighted by molar-refractivity contribution is 0.478. The molecule has 0 bridgehead atoms. The molecule has 5 heteroatoms. The minimum absolute atomic E-state index is 0.512. The van der Waals surface area contributed by atoms with Gasteiger partial charge in [0.15, 0.2) is 5.65 Å². The number of nitrogen functional groups attached to an aromatic ring is 1. The lowest BCUT2D eigenvalue weighted by Gasteiger charge is -2.10. The first kappa shape index (κ1) is 9.59. The van der Waals surface area contributed by atoms with Crippen molar-refractivity contribution in [1.29, 1.82) is 0 Å². The molecule has 2 heterocycles. The standard InChI is InChI=1S/C11H15N5/c12-15-10-5-6-13-11-9(10)7-14-16(11)8-3-1-2-4-8/h5-8H,1-4,12H2,(H,13,15). The number of nitrogens with zero attached hydrogens (tertiary/aromatic N) is 3. The van der Waals surface area contributed by atoms with Crippen molar-refractivity contribution >= 4 is 16.7 Å². The summed E-state index contributed by atoms with van der Waals surface area (Å²) in [4.78, 5) is 4.40. The number of rotatable bonds is 2. The van der Waals surface area contributed by atoms with Gasteiger partial charge < -0.3 is 5.43 Å². The lowest BCUT2D eigenvalue weighted by Crippen LogP contribution is -2.09. The van der Waals surface area contributed by atoms with E-state index in [1.807, 2.05) is 16.9 Å². The van der Waals surface area contributed by atoms with Crippen LogP contribution in [-0.4, -0.2) is 14.8 Å². The average Bonchev–Trinajstić information content (AvgIpc) is 2.96. The molecule has 0 atom stereocenters. The van der Waals surface area contributed by atoms with Crippen LogP contribution in [0.1, 0.15) is 31.7 Å². The summed E-state index contributed by atoms with van der Waals surface area (Å²) >= 11 is 0. The van der Waals surface area contributed by atoms with Gasteiger partial charge in [0.2, 0.25) is 0 Å². The third-order valence-electron chi connectivity index (χ3n) is 3.32. The van der Waals surface area contributed by atoms with Crippen molar-refractivity contribution in [3.63, 3.8) is 0 Å². The zero-order valence-electron chi connectivity index (χ0n) is 9.06. The third kappa shape index (κ3) is 1.36. The van der Waals surface area contributed by atoms with Crippen LogP contribution in [0.2, 0.25) is 0 Å². The molecule has 1 fully saturated rings. The molecule has 0 aromatic carbocycles. The zero-order valence-corrected chi connectivity index (χ0v) is 9.06. The number of fused-ring (bicyclic) bond motifs is 1. The number of anilines is 1. The molecule has 1 aliphatic carbocycles. The Morgan fingerprint density at radius 3 is 2.94 bits per heavy atom. The minimum atomic E-state index is 0.512. The fraction of sp³-hybridized carbons (Fsp3) is 0.455. The van der Waals surface area contributed by atoms with Crippen molar-refractivity contribution in [2.75, 3.05) is 5.43 Å². The van der Waals surface area contributed by atoms with Gasteiger partial charge in [0.1, 0.15) is 0 Å². The smallest absolute Gasteiger partial charge is 0.160 e. The van der Waals surface area contributed by atoms with Crippen molar-refractivity contribution < 1.29 is 0 Å². The van der Waals surface area contributed by atoms with Crippen LogP contribution in [0.15, 0.2) is 18.5 Å². The molecule has 3 rings (SSSR count). The van der Waals surface area contributed by atoms with Gasteiger partial charge in [-0.25, -0.2) is 9.67 Å². The van der Waals surface area contributed by atoms with Crippen LogP contribution in [0.25, 0.3) is 11.0 Å². The first-order chi connectivity index (χ1) is 7.90. The van der Waals surface area contributed by atoms with Crippen molar-refractivity contribution in [3.05, 3.63) is 18.5 Å². The minimum Gasteiger partial charge on any atom is -0.323 e. The number of nitrogens with two attached hydrogens (primary N) is 1. The first-order valence-corrected chi connectivity index (χ1v) is 5.69. The summed E-state index contributed by atoms with van der Waals surface area (Å²) in [6.07, 6.45) is 8.61. The molecule has 0 saturated heterocycles. The zero-order chi connectivity index (χ0) is 11.0. The summed E-state index contributed by atoms with van der Waals surface area (Å²) in [6.45, 7) is 0.